The van der Waals surface area contributed by atoms with Gasteiger partial charge in [0.25, 0.3) is 0 Å². The van der Waals surface area contributed by atoms with E-state index in [-0.39, 0.29) is 0 Å². The molecule has 0 aromatic heterocycles. The van der Waals surface area contributed by atoms with Crippen molar-refractivity contribution in [2.24, 2.45) is 0 Å². The van der Waals surface area contributed by atoms with Crippen molar-refractivity contribution in [3.63, 3.8) is 0 Å². The van der Waals surface area contributed by atoms with E-state index in [9.17, 15) is 0 Å². The molecule has 0 heterocycles. The van der Waals surface area contributed by atoms with E-state index in [4.69, 9.17) is 32.7 Å². The molecule has 1 rings (SSSR count). The van der Waals surface area contributed by atoms with E-state index in [1.165, 1.54) is 0 Å². The molecule has 0 bridgehead atoms. The Bertz CT molecular complexity index is 437. The Labute approximate surface area is 99.7 Å². The van der Waals surface area contributed by atoms with Crippen molar-refractivity contribution in [2.45, 2.75) is 6.92 Å². The number of hydrogen-bond donors (Lipinski definition) is 3. The lowest BCUT2D eigenvalue weighted by Gasteiger charge is -2.07. The zero-order valence-electron chi connectivity index (χ0n) is 9.45. The predicted molar refractivity (Wildman–Crippen MR) is 62.8 cm³/mol. The van der Waals surface area contributed by atoms with Gasteiger partial charge < -0.3 is 15.2 Å². The Morgan fingerprint density at radius 2 is 1.88 bits per heavy atom. The molecule has 1 aromatic carbocycles. The van der Waals surface area contributed by atoms with E-state index < -0.39 is 10.4 Å². The van der Waals surface area contributed by atoms with Gasteiger partial charge in [-0.1, -0.05) is 0 Å². The average molecular weight is 265 g/mol. The van der Waals surface area contributed by atoms with Crippen molar-refractivity contribution < 1.29 is 27.0 Å². The van der Waals surface area contributed by atoms with Crippen molar-refractivity contribution in [1.82, 2.24) is 0 Å². The molecule has 0 aliphatic rings. The first-order valence-electron chi connectivity index (χ1n) is 4.54. The quantitative estimate of drug-likeness (QED) is 0.551. The minimum Gasteiger partial charge on any atom is -0.495 e. The van der Waals surface area contributed by atoms with Gasteiger partial charge in [-0.2, -0.15) is 8.42 Å². The number of hydrogen-bond acceptors (Lipinski definition) is 5. The molecule has 0 saturated carbocycles. The largest absolute Gasteiger partial charge is 0.495 e. The fourth-order valence-electron chi connectivity index (χ4n) is 0.969. The van der Waals surface area contributed by atoms with Gasteiger partial charge in [-0.15, -0.1) is 0 Å². The van der Waals surface area contributed by atoms with Crippen molar-refractivity contribution >= 4 is 16.1 Å². The van der Waals surface area contributed by atoms with Crippen molar-refractivity contribution in [3.8, 4) is 11.5 Å². The van der Waals surface area contributed by atoms with Crippen LogP contribution in [0.5, 0.6) is 11.5 Å². The number of nitrogen functional groups attached to an aromatic ring is 1. The highest BCUT2D eigenvalue weighted by molar-refractivity contribution is 7.79. The molecular weight excluding hydrogens is 250 g/mol. The van der Waals surface area contributed by atoms with Crippen LogP contribution in [0.1, 0.15) is 6.92 Å². The summed E-state index contributed by atoms with van der Waals surface area (Å²) in [5, 5.41) is 0. The van der Waals surface area contributed by atoms with E-state index in [0.29, 0.717) is 18.0 Å². The summed E-state index contributed by atoms with van der Waals surface area (Å²) in [4.78, 5) is 0. The van der Waals surface area contributed by atoms with E-state index >= 15 is 0 Å². The molecule has 0 unspecified atom stereocenters. The van der Waals surface area contributed by atoms with Crippen LogP contribution in [0.4, 0.5) is 5.69 Å². The highest BCUT2D eigenvalue weighted by Crippen LogP contribution is 2.25. The highest BCUT2D eigenvalue weighted by Gasteiger charge is 1.99. The minimum atomic E-state index is -4.67. The number of benzene rings is 1. The third-order valence-corrected chi connectivity index (χ3v) is 1.51. The van der Waals surface area contributed by atoms with Crippen molar-refractivity contribution in [3.05, 3.63) is 18.2 Å². The lowest BCUT2D eigenvalue weighted by molar-refractivity contribution is 0.339. The highest BCUT2D eigenvalue weighted by atomic mass is 32.3. The maximum absolute atomic E-state index is 8.74. The van der Waals surface area contributed by atoms with Crippen LogP contribution in [0.15, 0.2) is 18.2 Å². The smallest absolute Gasteiger partial charge is 0.394 e. The lowest BCUT2D eigenvalue weighted by atomic mass is 10.3. The SMILES string of the molecule is CCOc1ccc(OC)c(N)c1.O=S(=O)(O)O. The molecule has 0 amide bonds. The Morgan fingerprint density at radius 1 is 1.35 bits per heavy atom. The number of nitrogens with two attached hydrogens (primary N) is 1. The van der Waals surface area contributed by atoms with Gasteiger partial charge in [-0.05, 0) is 19.1 Å². The van der Waals surface area contributed by atoms with Crippen molar-refractivity contribution in [2.75, 3.05) is 19.5 Å². The maximum Gasteiger partial charge on any atom is 0.394 e. The normalized spacial score (nSPS) is 10.1. The zero-order valence-corrected chi connectivity index (χ0v) is 10.3. The topological polar surface area (TPSA) is 119 Å². The van der Waals surface area contributed by atoms with E-state index in [2.05, 4.69) is 0 Å². The first kappa shape index (κ1) is 15.5. The molecule has 0 atom stereocenters. The minimum absolute atomic E-state index is 0.600. The van der Waals surface area contributed by atoms with Crippen LogP contribution in [0.3, 0.4) is 0 Å². The molecule has 98 valence electrons. The Balaban J connectivity index is 0.000000437. The summed E-state index contributed by atoms with van der Waals surface area (Å²) in [7, 11) is -3.08. The lowest BCUT2D eigenvalue weighted by Crippen LogP contribution is -1.95. The van der Waals surface area contributed by atoms with Crippen LogP contribution in [-0.2, 0) is 10.4 Å². The second-order valence-electron chi connectivity index (χ2n) is 2.78. The molecule has 1 aromatic rings. The van der Waals surface area contributed by atoms with Gasteiger partial charge in [0.2, 0.25) is 0 Å². The van der Waals surface area contributed by atoms with Gasteiger partial charge >= 0.3 is 10.4 Å². The molecule has 17 heavy (non-hydrogen) atoms. The summed E-state index contributed by atoms with van der Waals surface area (Å²) in [6.07, 6.45) is 0. The second-order valence-corrected chi connectivity index (χ2v) is 3.68. The van der Waals surface area contributed by atoms with E-state index in [1.54, 1.807) is 19.2 Å². The van der Waals surface area contributed by atoms with Crippen LogP contribution in [0, 0.1) is 0 Å². The number of rotatable bonds is 3. The average Bonchev–Trinajstić information content (AvgIpc) is 2.16. The Kier molecular flexibility index (Phi) is 6.33. The monoisotopic (exact) mass is 265 g/mol. The first-order chi connectivity index (χ1) is 7.77. The summed E-state index contributed by atoms with van der Waals surface area (Å²) >= 11 is 0. The maximum atomic E-state index is 8.74. The molecule has 0 saturated heterocycles. The van der Waals surface area contributed by atoms with Crippen molar-refractivity contribution in [1.29, 1.82) is 0 Å². The van der Waals surface area contributed by atoms with E-state index in [1.807, 2.05) is 13.0 Å². The fraction of sp³-hybridized carbons (Fsp3) is 0.333. The number of ether oxygens (including phenoxy) is 2. The molecule has 7 nitrogen and oxygen atoms in total. The van der Waals surface area contributed by atoms with Gasteiger partial charge in [-0.25, -0.2) is 0 Å². The number of anilines is 1. The third kappa shape index (κ3) is 8.31. The van der Waals surface area contributed by atoms with Gasteiger partial charge in [0.05, 0.1) is 19.4 Å². The summed E-state index contributed by atoms with van der Waals surface area (Å²) in [6, 6.07) is 5.38. The summed E-state index contributed by atoms with van der Waals surface area (Å²) in [5.74, 6) is 1.45. The zero-order chi connectivity index (χ0) is 13.5. The molecule has 0 aliphatic heterocycles. The molecule has 4 N–H and O–H groups in total. The van der Waals surface area contributed by atoms with Gasteiger partial charge in [0.15, 0.2) is 0 Å². The van der Waals surface area contributed by atoms with Crippen LogP contribution in [-0.4, -0.2) is 31.2 Å². The molecule has 0 fully saturated rings. The summed E-state index contributed by atoms with van der Waals surface area (Å²) < 4.78 is 41.8. The van der Waals surface area contributed by atoms with Gasteiger partial charge in [0, 0.05) is 6.07 Å². The van der Waals surface area contributed by atoms with Gasteiger partial charge in [0.1, 0.15) is 11.5 Å². The Morgan fingerprint density at radius 3 is 2.24 bits per heavy atom. The molecule has 0 spiro atoms. The summed E-state index contributed by atoms with van der Waals surface area (Å²) in [6.45, 7) is 2.58. The Hall–Kier alpha value is -1.51. The van der Waals surface area contributed by atoms with Crippen LogP contribution >= 0.6 is 0 Å². The fourth-order valence-corrected chi connectivity index (χ4v) is 0.969. The standard InChI is InChI=1S/C9H13NO2.H2O4S/c1-3-12-7-4-5-9(11-2)8(10)6-7;1-5(2,3)4/h4-6H,3,10H2,1-2H3;(H2,1,2,3,4). The molecule has 0 radical (unpaired) electrons. The number of methoxy groups -OCH3 is 1. The van der Waals surface area contributed by atoms with Gasteiger partial charge in [-0.3, -0.25) is 9.11 Å². The van der Waals surface area contributed by atoms with E-state index in [0.717, 1.165) is 5.75 Å². The molecule has 0 aliphatic carbocycles. The predicted octanol–water partition coefficient (Wildman–Crippen LogP) is 1.02. The second kappa shape index (κ2) is 6.94. The van der Waals surface area contributed by atoms with Crippen LogP contribution in [0.25, 0.3) is 0 Å². The molecular formula is C9H15NO6S. The summed E-state index contributed by atoms with van der Waals surface area (Å²) in [5.41, 5.74) is 6.26. The van der Waals surface area contributed by atoms with Crippen LogP contribution in [0.2, 0.25) is 0 Å². The molecule has 8 heteroatoms. The first-order valence-corrected chi connectivity index (χ1v) is 5.93. The van der Waals surface area contributed by atoms with Crippen LogP contribution < -0.4 is 15.2 Å². The third-order valence-electron chi connectivity index (χ3n) is 1.51.